The highest BCUT2D eigenvalue weighted by Gasteiger charge is 2.54. The van der Waals surface area contributed by atoms with Crippen LogP contribution in [0.25, 0.3) is 0 Å². The molecule has 1 fully saturated rings. The van der Waals surface area contributed by atoms with Crippen LogP contribution in [0.5, 0.6) is 0 Å². The van der Waals surface area contributed by atoms with Crippen molar-refractivity contribution in [2.45, 2.75) is 223 Å². The maximum Gasteiger partial charge on any atom is 0.472 e. The van der Waals surface area contributed by atoms with Gasteiger partial charge in [0.05, 0.1) is 12.7 Å². The van der Waals surface area contributed by atoms with Gasteiger partial charge in [-0.2, -0.15) is 0 Å². The topological polar surface area (TPSA) is 276 Å². The molecule has 0 aromatic heterocycles. The average molecular weight is 1040 g/mol. The second-order valence-corrected chi connectivity index (χ2v) is 20.3. The predicted molar refractivity (Wildman–Crippen MR) is 270 cm³/mol. The standard InChI is InChI=1S/C51H88O17P2/c1-3-5-6-7-8-9-10-11-12-13-14-15-16-19-23-26-29-32-35-39-45(54)66-43(41-65-70(62,63)68-51-48(57)46(55)47(56)50(49(51)58)67-69(59,60)61)40-64-44(53)38-34-31-28-25-22-20-17-18-21-24-27-30-33-37-42(52)36-4-2/h8-9,11-12,17,20-21,24-25,28,30,33,42-43,46-52,55-58H,3-7,10,13-16,18-19,22-23,26-27,29,31-32,34-41H2,1-2H3,(H,62,63)(H2,59,60,61)/b9-8-,12-11-,20-17-,24-21-,28-25-,33-30-/t42?,43-,46?,47?,48?,49?,50-,51+/m1/s1. The van der Waals surface area contributed by atoms with Gasteiger partial charge >= 0.3 is 27.6 Å². The predicted octanol–water partition coefficient (Wildman–Crippen LogP) is 9.37. The van der Waals surface area contributed by atoms with Crippen molar-refractivity contribution in [1.29, 1.82) is 0 Å². The van der Waals surface area contributed by atoms with Crippen molar-refractivity contribution in [3.63, 3.8) is 0 Å². The van der Waals surface area contributed by atoms with Crippen molar-refractivity contribution < 1.29 is 82.0 Å². The summed E-state index contributed by atoms with van der Waals surface area (Å²) < 4.78 is 49.4. The van der Waals surface area contributed by atoms with Gasteiger partial charge in [0, 0.05) is 12.8 Å². The summed E-state index contributed by atoms with van der Waals surface area (Å²) in [4.78, 5) is 54.4. The van der Waals surface area contributed by atoms with Crippen LogP contribution < -0.4 is 0 Å². The van der Waals surface area contributed by atoms with Gasteiger partial charge in [-0.1, -0.05) is 151 Å². The summed E-state index contributed by atoms with van der Waals surface area (Å²) in [6, 6.07) is 0. The minimum absolute atomic E-state index is 0.0169. The summed E-state index contributed by atoms with van der Waals surface area (Å²) >= 11 is 0. The number of carbonyl (C=O) groups is 2. The molecule has 0 radical (unpaired) electrons. The quantitative estimate of drug-likeness (QED) is 0.0122. The van der Waals surface area contributed by atoms with Crippen LogP contribution in [-0.2, 0) is 41.8 Å². The van der Waals surface area contributed by atoms with E-state index in [1.165, 1.54) is 38.5 Å². The maximum atomic E-state index is 13.0. The monoisotopic (exact) mass is 1030 g/mol. The van der Waals surface area contributed by atoms with Gasteiger partial charge in [-0.3, -0.25) is 23.2 Å². The molecule has 1 aliphatic carbocycles. The van der Waals surface area contributed by atoms with Gasteiger partial charge < -0.3 is 49.7 Å². The Morgan fingerprint density at radius 3 is 1.50 bits per heavy atom. The van der Waals surface area contributed by atoms with E-state index in [9.17, 15) is 58.9 Å². The van der Waals surface area contributed by atoms with Gasteiger partial charge in [0.15, 0.2) is 6.10 Å². The highest BCUT2D eigenvalue weighted by atomic mass is 31.2. The number of unbranched alkanes of at least 4 members (excludes halogenated alkanes) is 13. The Balaban J connectivity index is 2.60. The summed E-state index contributed by atoms with van der Waals surface area (Å²) in [5, 5.41) is 51.1. The van der Waals surface area contributed by atoms with E-state index in [1.54, 1.807) is 0 Å². The molecule has 0 saturated heterocycles. The molecule has 1 aliphatic rings. The fourth-order valence-electron chi connectivity index (χ4n) is 7.36. The second-order valence-electron chi connectivity index (χ2n) is 17.7. The normalized spacial score (nSPS) is 22.0. The first-order chi connectivity index (χ1) is 33.5. The summed E-state index contributed by atoms with van der Waals surface area (Å²) in [5.74, 6) is -1.30. The van der Waals surface area contributed by atoms with Gasteiger partial charge in [-0.25, -0.2) is 9.13 Å². The Morgan fingerprint density at radius 2 is 0.971 bits per heavy atom. The minimum atomic E-state index is -5.38. The molecule has 1 saturated carbocycles. The average Bonchev–Trinajstić information content (AvgIpc) is 3.31. The number of aliphatic hydroxyl groups is 5. The van der Waals surface area contributed by atoms with E-state index in [1.807, 2.05) is 37.3 Å². The van der Waals surface area contributed by atoms with Crippen LogP contribution in [0.1, 0.15) is 174 Å². The smallest absolute Gasteiger partial charge is 0.462 e. The van der Waals surface area contributed by atoms with Crippen molar-refractivity contribution in [2.75, 3.05) is 13.2 Å². The molecule has 70 heavy (non-hydrogen) atoms. The van der Waals surface area contributed by atoms with Gasteiger partial charge in [0.2, 0.25) is 0 Å². The van der Waals surface area contributed by atoms with Gasteiger partial charge in [0.1, 0.15) is 43.2 Å². The zero-order chi connectivity index (χ0) is 51.9. The maximum absolute atomic E-state index is 13.0. The van der Waals surface area contributed by atoms with Crippen LogP contribution in [0.15, 0.2) is 72.9 Å². The van der Waals surface area contributed by atoms with E-state index >= 15 is 0 Å². The van der Waals surface area contributed by atoms with Crippen molar-refractivity contribution in [3.05, 3.63) is 72.9 Å². The summed E-state index contributed by atoms with van der Waals surface area (Å²) in [6.45, 7) is 2.85. The Labute approximate surface area is 417 Å². The van der Waals surface area contributed by atoms with E-state index in [-0.39, 0.29) is 18.9 Å². The van der Waals surface area contributed by atoms with E-state index < -0.39 is 83.5 Å². The second kappa shape index (κ2) is 40.8. The SMILES string of the molecule is CCCCC/C=C\C/C=C\CCCCCCCCCCCC(=O)O[C@H](COC(=O)CCC/C=C\C/C=C\C/C=C\C/C=C\CC(O)CCC)COP(=O)(O)O[C@H]1C(O)C(O)C(O)[C@@H](OP(=O)(O)O)C1O. The van der Waals surface area contributed by atoms with E-state index in [0.29, 0.717) is 25.7 Å². The fourth-order valence-corrected chi connectivity index (χ4v) is 8.90. The summed E-state index contributed by atoms with van der Waals surface area (Å²) in [6.07, 6.45) is 31.9. The lowest BCUT2D eigenvalue weighted by atomic mass is 9.85. The lowest BCUT2D eigenvalue weighted by molar-refractivity contribution is -0.216. The summed E-state index contributed by atoms with van der Waals surface area (Å²) in [5.41, 5.74) is 0. The van der Waals surface area contributed by atoms with Gasteiger partial charge in [0.25, 0.3) is 0 Å². The minimum Gasteiger partial charge on any atom is -0.462 e. The number of hydrogen-bond donors (Lipinski definition) is 8. The van der Waals surface area contributed by atoms with Crippen LogP contribution in [0.3, 0.4) is 0 Å². The van der Waals surface area contributed by atoms with Crippen LogP contribution >= 0.6 is 15.6 Å². The number of carbonyl (C=O) groups excluding carboxylic acids is 2. The molecular formula is C51H88O17P2. The highest BCUT2D eigenvalue weighted by molar-refractivity contribution is 7.47. The molecule has 19 heteroatoms. The third-order valence-corrected chi connectivity index (χ3v) is 12.8. The first kappa shape index (κ1) is 65.4. The first-order valence-corrected chi connectivity index (χ1v) is 28.6. The molecule has 6 unspecified atom stereocenters. The number of rotatable bonds is 42. The molecule has 0 aliphatic heterocycles. The Kier molecular flexibility index (Phi) is 38.2. The van der Waals surface area contributed by atoms with Gasteiger partial charge in [-0.15, -0.1) is 0 Å². The van der Waals surface area contributed by atoms with E-state index in [4.69, 9.17) is 18.5 Å². The van der Waals surface area contributed by atoms with Crippen molar-refractivity contribution in [3.8, 4) is 0 Å². The lowest BCUT2D eigenvalue weighted by Gasteiger charge is -2.43. The molecule has 1 rings (SSSR count). The van der Waals surface area contributed by atoms with E-state index in [2.05, 4.69) is 54.0 Å². The number of ether oxygens (including phenoxy) is 2. The Bertz CT molecular complexity index is 1640. The number of phosphoric acid groups is 2. The third kappa shape index (κ3) is 34.7. The van der Waals surface area contributed by atoms with Crippen molar-refractivity contribution in [2.24, 2.45) is 0 Å². The third-order valence-electron chi connectivity index (χ3n) is 11.3. The highest BCUT2D eigenvalue weighted by Crippen LogP contribution is 2.49. The van der Waals surface area contributed by atoms with Crippen molar-refractivity contribution >= 4 is 27.6 Å². The van der Waals surface area contributed by atoms with Gasteiger partial charge in [-0.05, 0) is 83.5 Å². The summed E-state index contributed by atoms with van der Waals surface area (Å²) in [7, 11) is -10.7. The van der Waals surface area contributed by atoms with E-state index in [0.717, 1.165) is 83.5 Å². The fraction of sp³-hybridized carbons (Fsp3) is 0.725. The molecule has 0 aromatic rings. The zero-order valence-corrected chi connectivity index (χ0v) is 43.6. The zero-order valence-electron chi connectivity index (χ0n) is 41.8. The Morgan fingerprint density at radius 1 is 0.514 bits per heavy atom. The molecule has 8 N–H and O–H groups in total. The number of allylic oxidation sites excluding steroid dienone is 11. The number of hydrogen-bond acceptors (Lipinski definition) is 14. The lowest BCUT2D eigenvalue weighted by Crippen LogP contribution is -2.64. The molecule has 9 atom stereocenters. The number of aliphatic hydroxyl groups excluding tert-OH is 5. The largest absolute Gasteiger partial charge is 0.472 e. The number of phosphoric ester groups is 2. The van der Waals surface area contributed by atoms with Crippen LogP contribution in [0, 0.1) is 0 Å². The molecule has 0 spiro atoms. The van der Waals surface area contributed by atoms with Crippen LogP contribution in [-0.4, -0.2) is 114 Å². The molecule has 0 bridgehead atoms. The van der Waals surface area contributed by atoms with Crippen molar-refractivity contribution in [1.82, 2.24) is 0 Å². The van der Waals surface area contributed by atoms with Crippen LogP contribution in [0.4, 0.5) is 0 Å². The molecular weight excluding hydrogens is 946 g/mol. The molecule has 404 valence electrons. The number of esters is 2. The molecule has 0 heterocycles. The molecule has 17 nitrogen and oxygen atoms in total. The molecule has 0 aromatic carbocycles. The first-order valence-electron chi connectivity index (χ1n) is 25.6. The van der Waals surface area contributed by atoms with Crippen LogP contribution in [0.2, 0.25) is 0 Å². The Hall–Kier alpha value is -2.60. The molecule has 0 amide bonds.